The molecule has 5 nitrogen and oxygen atoms in total. The van der Waals surface area contributed by atoms with Gasteiger partial charge in [-0.05, 0) is 31.4 Å². The van der Waals surface area contributed by atoms with Gasteiger partial charge in [-0.1, -0.05) is 34.1 Å². The number of hydrogen-bond donors (Lipinski definition) is 1. The summed E-state index contributed by atoms with van der Waals surface area (Å²) in [6.07, 6.45) is 2.18. The van der Waals surface area contributed by atoms with Crippen LogP contribution in [0.5, 0.6) is 0 Å². The lowest BCUT2D eigenvalue weighted by Crippen LogP contribution is -2.27. The van der Waals surface area contributed by atoms with E-state index in [0.29, 0.717) is 11.8 Å². The summed E-state index contributed by atoms with van der Waals surface area (Å²) in [5.74, 6) is 1.56. The molecular weight excluding hydrogens is 318 g/mol. The van der Waals surface area contributed by atoms with Crippen molar-refractivity contribution in [1.29, 1.82) is 0 Å². The number of anilines is 3. The molecule has 20 heavy (non-hydrogen) atoms. The molecule has 0 saturated heterocycles. The molecule has 6 heteroatoms. The van der Waals surface area contributed by atoms with Crippen LogP contribution in [0.15, 0.2) is 24.3 Å². The number of fused-ring (bicyclic) bond motifs is 1. The number of hydrogen-bond acceptors (Lipinski definition) is 5. The number of alkyl halides is 1. The second-order valence-corrected chi connectivity index (χ2v) is 6.23. The number of nitrogens with two attached hydrogens (primary N) is 1. The Morgan fingerprint density at radius 3 is 2.85 bits per heavy atom. The fourth-order valence-electron chi connectivity index (χ4n) is 2.44. The van der Waals surface area contributed by atoms with Gasteiger partial charge in [-0.15, -0.1) is 0 Å². The van der Waals surface area contributed by atoms with Crippen molar-refractivity contribution in [1.82, 2.24) is 15.0 Å². The van der Waals surface area contributed by atoms with Gasteiger partial charge < -0.3 is 10.6 Å². The van der Waals surface area contributed by atoms with Crippen LogP contribution >= 0.6 is 15.9 Å². The molecule has 1 aliphatic rings. The zero-order valence-electron chi connectivity index (χ0n) is 11.3. The molecule has 0 aliphatic carbocycles. The second-order valence-electron chi connectivity index (χ2n) is 4.85. The molecule has 0 fully saturated rings. The Hall–Kier alpha value is -1.69. The van der Waals surface area contributed by atoms with Gasteiger partial charge in [-0.2, -0.15) is 15.0 Å². The number of aromatic nitrogens is 3. The smallest absolute Gasteiger partial charge is 0.235 e. The fraction of sp³-hybridized carbons (Fsp3) is 0.357. The average Bonchev–Trinajstić information content (AvgIpc) is 2.46. The number of benzene rings is 1. The van der Waals surface area contributed by atoms with E-state index >= 15 is 0 Å². The van der Waals surface area contributed by atoms with Crippen LogP contribution < -0.4 is 10.6 Å². The first kappa shape index (κ1) is 13.3. The van der Waals surface area contributed by atoms with Gasteiger partial charge in [0.25, 0.3) is 0 Å². The highest BCUT2D eigenvalue weighted by Gasteiger charge is 2.21. The first-order valence-electron chi connectivity index (χ1n) is 6.66. The van der Waals surface area contributed by atoms with Gasteiger partial charge in [0.05, 0.1) is 4.83 Å². The zero-order chi connectivity index (χ0) is 14.1. The SMILES string of the molecule is C[C@H](Br)c1nc(N)nc(N2CCCc3ccccc32)n1. The molecule has 0 amide bonds. The van der Waals surface area contributed by atoms with E-state index in [2.05, 4.69) is 54.0 Å². The monoisotopic (exact) mass is 333 g/mol. The standard InChI is InChI=1S/C14H16BrN5/c1-9(15)12-17-13(16)19-14(18-12)20-8-4-6-10-5-2-3-7-11(10)20/h2-3,5,7,9H,4,6,8H2,1H3,(H2,16,17,18,19)/t9-/m0/s1. The van der Waals surface area contributed by atoms with Crippen LogP contribution in [-0.2, 0) is 6.42 Å². The van der Waals surface area contributed by atoms with Gasteiger partial charge >= 0.3 is 0 Å². The molecule has 1 aromatic heterocycles. The van der Waals surface area contributed by atoms with Crippen molar-refractivity contribution in [3.63, 3.8) is 0 Å². The molecule has 0 bridgehead atoms. The van der Waals surface area contributed by atoms with Crippen LogP contribution in [0.2, 0.25) is 0 Å². The molecule has 1 aromatic carbocycles. The Labute approximate surface area is 126 Å². The Balaban J connectivity index is 2.06. The Kier molecular flexibility index (Phi) is 3.56. The second kappa shape index (κ2) is 5.36. The zero-order valence-corrected chi connectivity index (χ0v) is 12.8. The summed E-state index contributed by atoms with van der Waals surface area (Å²) in [6, 6.07) is 8.36. The molecule has 1 atom stereocenters. The highest BCUT2D eigenvalue weighted by Crippen LogP contribution is 2.32. The van der Waals surface area contributed by atoms with Crippen LogP contribution in [0.1, 0.15) is 29.6 Å². The predicted octanol–water partition coefficient (Wildman–Crippen LogP) is 2.99. The number of para-hydroxylation sites is 1. The lowest BCUT2D eigenvalue weighted by molar-refractivity contribution is 0.741. The van der Waals surface area contributed by atoms with Crippen LogP contribution in [0, 0.1) is 0 Å². The number of rotatable bonds is 2. The molecule has 2 aromatic rings. The van der Waals surface area contributed by atoms with Gasteiger partial charge in [0.1, 0.15) is 5.82 Å². The number of halogens is 1. The van der Waals surface area contributed by atoms with Gasteiger partial charge in [0.15, 0.2) is 0 Å². The van der Waals surface area contributed by atoms with Crippen LogP contribution in [0.3, 0.4) is 0 Å². The molecule has 0 unspecified atom stereocenters. The number of aryl methyl sites for hydroxylation is 1. The van der Waals surface area contributed by atoms with Gasteiger partial charge in [0, 0.05) is 12.2 Å². The van der Waals surface area contributed by atoms with Crippen molar-refractivity contribution in [2.45, 2.75) is 24.6 Å². The third-order valence-electron chi connectivity index (χ3n) is 3.37. The Morgan fingerprint density at radius 2 is 2.05 bits per heavy atom. The lowest BCUT2D eigenvalue weighted by atomic mass is 10.0. The molecule has 2 N–H and O–H groups in total. The summed E-state index contributed by atoms with van der Waals surface area (Å²) < 4.78 is 0. The maximum atomic E-state index is 5.81. The Bertz CT molecular complexity index is 629. The predicted molar refractivity (Wildman–Crippen MR) is 83.4 cm³/mol. The minimum Gasteiger partial charge on any atom is -0.368 e. The quantitative estimate of drug-likeness (QED) is 0.855. The van der Waals surface area contributed by atoms with Gasteiger partial charge in [-0.3, -0.25) is 0 Å². The average molecular weight is 334 g/mol. The maximum absolute atomic E-state index is 5.81. The topological polar surface area (TPSA) is 67.9 Å². The molecule has 104 valence electrons. The molecule has 1 aliphatic heterocycles. The van der Waals surface area contributed by atoms with E-state index < -0.39 is 0 Å². The van der Waals surface area contributed by atoms with Crippen molar-refractivity contribution < 1.29 is 0 Å². The summed E-state index contributed by atoms with van der Waals surface area (Å²) in [7, 11) is 0. The maximum Gasteiger partial charge on any atom is 0.235 e. The minimum absolute atomic E-state index is 0.0478. The molecule has 3 rings (SSSR count). The minimum atomic E-state index is 0.0478. The van der Waals surface area contributed by atoms with E-state index in [4.69, 9.17) is 5.73 Å². The number of nitrogen functional groups attached to an aromatic ring is 1. The van der Waals surface area contributed by atoms with Crippen molar-refractivity contribution in [3.05, 3.63) is 35.7 Å². The first-order valence-corrected chi connectivity index (χ1v) is 7.57. The third-order valence-corrected chi connectivity index (χ3v) is 3.78. The highest BCUT2D eigenvalue weighted by molar-refractivity contribution is 9.09. The van der Waals surface area contributed by atoms with Crippen LogP contribution in [0.25, 0.3) is 0 Å². The summed E-state index contributed by atoms with van der Waals surface area (Å²) >= 11 is 3.48. The summed E-state index contributed by atoms with van der Waals surface area (Å²) in [4.78, 5) is 15.2. The van der Waals surface area contributed by atoms with Crippen molar-refractivity contribution in [2.24, 2.45) is 0 Å². The summed E-state index contributed by atoms with van der Waals surface area (Å²) in [5.41, 5.74) is 8.30. The molecule has 0 spiro atoms. The molecule has 0 radical (unpaired) electrons. The van der Waals surface area contributed by atoms with Gasteiger partial charge in [0.2, 0.25) is 11.9 Å². The van der Waals surface area contributed by atoms with E-state index in [1.165, 1.54) is 5.56 Å². The van der Waals surface area contributed by atoms with Crippen molar-refractivity contribution in [3.8, 4) is 0 Å². The van der Waals surface area contributed by atoms with Crippen LogP contribution in [0.4, 0.5) is 17.6 Å². The van der Waals surface area contributed by atoms with E-state index in [1.54, 1.807) is 0 Å². The molecule has 0 saturated carbocycles. The fourth-order valence-corrected chi connectivity index (χ4v) is 2.64. The van der Waals surface area contributed by atoms with E-state index in [0.717, 1.165) is 25.1 Å². The van der Waals surface area contributed by atoms with E-state index in [1.807, 2.05) is 13.0 Å². The lowest BCUT2D eigenvalue weighted by Gasteiger charge is -2.29. The van der Waals surface area contributed by atoms with Crippen molar-refractivity contribution in [2.75, 3.05) is 17.2 Å². The van der Waals surface area contributed by atoms with E-state index in [-0.39, 0.29) is 10.8 Å². The van der Waals surface area contributed by atoms with Crippen LogP contribution in [-0.4, -0.2) is 21.5 Å². The Morgan fingerprint density at radius 1 is 1.25 bits per heavy atom. The third kappa shape index (κ3) is 2.47. The van der Waals surface area contributed by atoms with Gasteiger partial charge in [-0.25, -0.2) is 0 Å². The first-order chi connectivity index (χ1) is 9.65. The van der Waals surface area contributed by atoms with E-state index in [9.17, 15) is 0 Å². The normalized spacial score (nSPS) is 15.8. The molecule has 2 heterocycles. The summed E-state index contributed by atoms with van der Waals surface area (Å²) in [6.45, 7) is 2.87. The van der Waals surface area contributed by atoms with Crippen molar-refractivity contribution >= 4 is 33.5 Å². The number of nitrogens with zero attached hydrogens (tertiary/aromatic N) is 4. The summed E-state index contributed by atoms with van der Waals surface area (Å²) in [5, 5.41) is 0. The molecular formula is C14H16BrN5. The largest absolute Gasteiger partial charge is 0.368 e. The highest BCUT2D eigenvalue weighted by atomic mass is 79.9.